The molecule has 0 unspecified atom stereocenters. The molecule has 1 aromatic rings. The van der Waals surface area contributed by atoms with Crippen molar-refractivity contribution in [3.8, 4) is 6.07 Å². The van der Waals surface area contributed by atoms with Gasteiger partial charge in [0.25, 0.3) is 0 Å². The van der Waals surface area contributed by atoms with Crippen molar-refractivity contribution in [2.45, 2.75) is 18.7 Å². The molecular weight excluding hydrogens is 277 g/mol. The molecule has 0 aromatic carbocycles. The summed E-state index contributed by atoms with van der Waals surface area (Å²) in [6.07, 6.45) is 1.67. The smallest absolute Gasteiger partial charge is 0.778 e. The first-order valence-corrected chi connectivity index (χ1v) is 6.22. The van der Waals surface area contributed by atoms with Crippen LogP contribution in [0.4, 0.5) is 5.82 Å². The third kappa shape index (κ3) is 2.92. The maximum atomic E-state index is 9.06. The predicted octanol–water partition coefficient (Wildman–Crippen LogP) is -0.369. The van der Waals surface area contributed by atoms with E-state index in [4.69, 9.17) is 29.5 Å². The van der Waals surface area contributed by atoms with Crippen LogP contribution in [0.3, 0.4) is 0 Å². The largest absolute Gasteiger partial charge is 1.00 e. The Morgan fingerprint density at radius 2 is 2.17 bits per heavy atom. The fourth-order valence-electron chi connectivity index (χ4n) is 1.84. The zero-order valence-electron chi connectivity index (χ0n) is 10.8. The third-order valence-electron chi connectivity index (χ3n) is 3.33. The van der Waals surface area contributed by atoms with E-state index < -0.39 is 0 Å². The maximum Gasteiger partial charge on any atom is 1.00 e. The van der Waals surface area contributed by atoms with Crippen molar-refractivity contribution in [2.24, 2.45) is 11.3 Å². The van der Waals surface area contributed by atoms with E-state index >= 15 is 0 Å². The van der Waals surface area contributed by atoms with E-state index in [2.05, 4.69) is 16.0 Å². The van der Waals surface area contributed by atoms with Crippen molar-refractivity contribution in [3.63, 3.8) is 0 Å². The number of anilines is 1. The van der Waals surface area contributed by atoms with Crippen LogP contribution in [0.25, 0.3) is 0 Å². The Bertz CT molecular complexity index is 481. The molecule has 0 aliphatic carbocycles. The van der Waals surface area contributed by atoms with Crippen LogP contribution in [0.5, 0.6) is 0 Å². The van der Waals surface area contributed by atoms with E-state index in [-0.39, 0.29) is 35.0 Å². The molecule has 0 saturated carbocycles. The van der Waals surface area contributed by atoms with Crippen LogP contribution in [-0.4, -0.2) is 18.1 Å². The van der Waals surface area contributed by atoms with Crippen LogP contribution in [0.2, 0.25) is 5.02 Å². The fourth-order valence-corrected chi connectivity index (χ4v) is 2.22. The molecule has 0 bridgehead atoms. The molecular formula is C12H13ClN3NaS. The number of nitriles is 1. The average molecular weight is 290 g/mol. The van der Waals surface area contributed by atoms with Crippen LogP contribution in [-0.2, 0) is 12.6 Å². The SMILES string of the molecule is CC(C)(C#N)C1CN(c2nccc([S-])c2Cl)C1.[Na+]. The van der Waals surface area contributed by atoms with Gasteiger partial charge in [0, 0.05) is 25.2 Å². The number of aromatic nitrogens is 1. The summed E-state index contributed by atoms with van der Waals surface area (Å²) in [6, 6.07) is 4.06. The van der Waals surface area contributed by atoms with E-state index in [9.17, 15) is 0 Å². The molecule has 0 atom stereocenters. The van der Waals surface area contributed by atoms with Crippen molar-refractivity contribution in [1.82, 2.24) is 4.98 Å². The molecule has 2 heterocycles. The number of hydrogen-bond donors (Lipinski definition) is 0. The summed E-state index contributed by atoms with van der Waals surface area (Å²) < 4.78 is 0. The number of halogens is 1. The van der Waals surface area contributed by atoms with Gasteiger partial charge in [0.1, 0.15) is 5.82 Å². The van der Waals surface area contributed by atoms with Crippen LogP contribution in [0, 0.1) is 22.7 Å². The molecule has 1 aliphatic rings. The molecule has 6 heteroatoms. The summed E-state index contributed by atoms with van der Waals surface area (Å²) in [5.74, 6) is 1.10. The molecule has 0 radical (unpaired) electrons. The van der Waals surface area contributed by atoms with Crippen molar-refractivity contribution in [2.75, 3.05) is 18.0 Å². The summed E-state index contributed by atoms with van der Waals surface area (Å²) >= 11 is 11.2. The summed E-state index contributed by atoms with van der Waals surface area (Å²) in [6.45, 7) is 5.55. The Labute approximate surface area is 140 Å². The minimum atomic E-state index is -0.297. The first kappa shape index (κ1) is 16.0. The van der Waals surface area contributed by atoms with E-state index in [0.29, 0.717) is 15.8 Å². The van der Waals surface area contributed by atoms with Gasteiger partial charge in [-0.25, -0.2) is 4.98 Å². The van der Waals surface area contributed by atoms with Gasteiger partial charge in [-0.05, 0) is 13.8 Å². The number of pyridine rings is 1. The summed E-state index contributed by atoms with van der Waals surface area (Å²) in [7, 11) is 0. The minimum Gasteiger partial charge on any atom is -0.778 e. The fraction of sp³-hybridized carbons (Fsp3) is 0.500. The Hall–Kier alpha value is -0.0500. The van der Waals surface area contributed by atoms with Gasteiger partial charge < -0.3 is 17.5 Å². The molecule has 2 rings (SSSR count). The van der Waals surface area contributed by atoms with Crippen LogP contribution >= 0.6 is 11.6 Å². The van der Waals surface area contributed by atoms with Crippen molar-refractivity contribution in [3.05, 3.63) is 17.3 Å². The van der Waals surface area contributed by atoms with Crippen LogP contribution in [0.1, 0.15) is 13.8 Å². The molecule has 1 aromatic heterocycles. The summed E-state index contributed by atoms with van der Waals surface area (Å²) in [4.78, 5) is 6.94. The first-order chi connectivity index (χ1) is 7.95. The molecule has 0 amide bonds. The van der Waals surface area contributed by atoms with Gasteiger partial charge in [-0.1, -0.05) is 17.7 Å². The van der Waals surface area contributed by atoms with Gasteiger partial charge >= 0.3 is 29.6 Å². The monoisotopic (exact) mass is 289 g/mol. The molecule has 90 valence electrons. The second-order valence-corrected chi connectivity index (χ2v) is 5.70. The number of rotatable bonds is 2. The topological polar surface area (TPSA) is 39.9 Å². The Morgan fingerprint density at radius 3 is 2.72 bits per heavy atom. The molecule has 18 heavy (non-hydrogen) atoms. The second kappa shape index (κ2) is 5.94. The molecule has 3 nitrogen and oxygen atoms in total. The maximum absolute atomic E-state index is 9.06. The molecule has 0 spiro atoms. The minimum absolute atomic E-state index is 0. The van der Waals surface area contributed by atoms with E-state index in [1.54, 1.807) is 12.3 Å². The zero-order chi connectivity index (χ0) is 12.6. The van der Waals surface area contributed by atoms with E-state index in [0.717, 1.165) is 18.9 Å². The van der Waals surface area contributed by atoms with Gasteiger partial charge in [-0.3, -0.25) is 0 Å². The molecule has 0 N–H and O–H groups in total. The molecule has 1 fully saturated rings. The van der Waals surface area contributed by atoms with Gasteiger partial charge in [0.2, 0.25) is 0 Å². The second-order valence-electron chi connectivity index (χ2n) is 4.88. The average Bonchev–Trinajstić information content (AvgIpc) is 2.22. The standard InChI is InChI=1S/C12H14ClN3S.Na/c1-12(2,7-14)8-5-16(6-8)11-10(13)9(17)3-4-15-11;/h3-4,8H,5-6H2,1-2H3,(H,15,17);/q;+1/p-1. The third-order valence-corrected chi connectivity index (χ3v) is 4.15. The number of hydrogen-bond acceptors (Lipinski definition) is 4. The predicted molar refractivity (Wildman–Crippen MR) is 70.0 cm³/mol. The first-order valence-electron chi connectivity index (χ1n) is 5.43. The van der Waals surface area contributed by atoms with Crippen molar-refractivity contribution < 1.29 is 29.6 Å². The Kier molecular flexibility index (Phi) is 5.28. The normalized spacial score (nSPS) is 15.6. The van der Waals surface area contributed by atoms with Crippen molar-refractivity contribution in [1.29, 1.82) is 5.26 Å². The zero-order valence-corrected chi connectivity index (χ0v) is 14.3. The Balaban J connectivity index is 0.00000162. The quantitative estimate of drug-likeness (QED) is 0.550. The van der Waals surface area contributed by atoms with Gasteiger partial charge in [-0.2, -0.15) is 10.2 Å². The Morgan fingerprint density at radius 1 is 1.56 bits per heavy atom. The van der Waals surface area contributed by atoms with E-state index in [1.165, 1.54) is 0 Å². The molecule has 1 saturated heterocycles. The molecule has 1 aliphatic heterocycles. The summed E-state index contributed by atoms with van der Waals surface area (Å²) in [5, 5.41) is 9.60. The van der Waals surface area contributed by atoms with Gasteiger partial charge in [-0.15, -0.1) is 0 Å². The van der Waals surface area contributed by atoms with Gasteiger partial charge in [0.15, 0.2) is 0 Å². The number of nitrogens with zero attached hydrogens (tertiary/aromatic N) is 3. The van der Waals surface area contributed by atoms with Crippen molar-refractivity contribution >= 4 is 30.0 Å². The van der Waals surface area contributed by atoms with Gasteiger partial charge in [0.05, 0.1) is 16.5 Å². The van der Waals surface area contributed by atoms with E-state index in [1.807, 2.05) is 13.8 Å². The summed E-state index contributed by atoms with van der Waals surface area (Å²) in [5.41, 5.74) is -0.297. The van der Waals surface area contributed by atoms with Crippen LogP contribution in [0.15, 0.2) is 17.2 Å². The van der Waals surface area contributed by atoms with Crippen LogP contribution < -0.4 is 34.5 Å².